The maximum absolute atomic E-state index is 7.08. The second kappa shape index (κ2) is 12.6. The lowest BCUT2D eigenvalue weighted by atomic mass is 9.74. The number of halogens is 1. The molecule has 43 heavy (non-hydrogen) atoms. The Morgan fingerprint density at radius 1 is 0.837 bits per heavy atom. The Balaban J connectivity index is 1.40. The fraction of sp³-hybridized carbons (Fsp3) is 0.317. The van der Waals surface area contributed by atoms with E-state index in [9.17, 15) is 0 Å². The number of anilines is 1. The molecule has 0 radical (unpaired) electrons. The third-order valence-electron chi connectivity index (χ3n) is 9.56. The Bertz CT molecular complexity index is 1780. The number of hydrogen-bond acceptors (Lipinski definition) is 1. The van der Waals surface area contributed by atoms with Gasteiger partial charge in [0.15, 0.2) is 0 Å². The fourth-order valence-electron chi connectivity index (χ4n) is 6.86. The van der Waals surface area contributed by atoms with Crippen LogP contribution in [0.5, 0.6) is 0 Å². The summed E-state index contributed by atoms with van der Waals surface area (Å²) in [6.45, 7) is 13.9. The van der Waals surface area contributed by atoms with E-state index in [-0.39, 0.29) is 10.8 Å². The highest BCUT2D eigenvalue weighted by Gasteiger charge is 2.27. The Kier molecular flexibility index (Phi) is 9.04. The van der Waals surface area contributed by atoms with Crippen molar-refractivity contribution in [3.63, 3.8) is 0 Å². The molecule has 0 heterocycles. The molecule has 1 aliphatic rings. The van der Waals surface area contributed by atoms with E-state index < -0.39 is 0 Å². The molecule has 0 saturated carbocycles. The third kappa shape index (κ3) is 6.24. The molecule has 5 rings (SSSR count). The summed E-state index contributed by atoms with van der Waals surface area (Å²) in [7, 11) is 2.01. The van der Waals surface area contributed by atoms with E-state index in [1.54, 1.807) is 0 Å². The zero-order valence-corrected chi connectivity index (χ0v) is 27.7. The minimum Gasteiger partial charge on any atom is -0.388 e. The summed E-state index contributed by atoms with van der Waals surface area (Å²) in [6, 6.07) is 26.3. The SMILES string of the molecule is CNc1ccc2ccccc2c1C(C)(C)C/C=C/C1=C(Cl)C(=C/C=C(/C)C(C)(C)c2c(C)ccc3ccccc23)/CCC1. The largest absolute Gasteiger partial charge is 0.388 e. The van der Waals surface area contributed by atoms with Gasteiger partial charge in [-0.05, 0) is 100 Å². The molecule has 0 saturated heterocycles. The second-order valence-corrected chi connectivity index (χ2v) is 13.7. The lowest BCUT2D eigenvalue weighted by molar-refractivity contribution is 0.540. The van der Waals surface area contributed by atoms with Gasteiger partial charge in [-0.3, -0.25) is 0 Å². The molecule has 1 nitrogen and oxygen atoms in total. The van der Waals surface area contributed by atoms with Gasteiger partial charge in [0.05, 0.1) is 0 Å². The number of nitrogens with one attached hydrogen (secondary N) is 1. The molecule has 0 atom stereocenters. The number of benzene rings is 4. The van der Waals surface area contributed by atoms with Crippen LogP contribution in [0.3, 0.4) is 0 Å². The van der Waals surface area contributed by atoms with Crippen molar-refractivity contribution in [3.05, 3.63) is 136 Å². The molecule has 0 spiro atoms. The number of allylic oxidation sites excluding steroid dienone is 8. The number of fused-ring (bicyclic) bond motifs is 2. The summed E-state index contributed by atoms with van der Waals surface area (Å²) < 4.78 is 0. The van der Waals surface area contributed by atoms with Crippen molar-refractivity contribution < 1.29 is 0 Å². The van der Waals surface area contributed by atoms with E-state index in [4.69, 9.17) is 11.6 Å². The molecule has 0 fully saturated rings. The Morgan fingerprint density at radius 2 is 1.47 bits per heavy atom. The fourth-order valence-corrected chi connectivity index (χ4v) is 7.17. The van der Waals surface area contributed by atoms with Gasteiger partial charge >= 0.3 is 0 Å². The summed E-state index contributed by atoms with van der Waals surface area (Å²) in [5.74, 6) is 0. The highest BCUT2D eigenvalue weighted by atomic mass is 35.5. The van der Waals surface area contributed by atoms with Crippen LogP contribution in [-0.2, 0) is 10.8 Å². The molecule has 0 aromatic heterocycles. The van der Waals surface area contributed by atoms with E-state index in [1.165, 1.54) is 60.6 Å². The standard InChI is InChI=1S/C41H46ClN/c1-28-21-23-30-14-8-10-19-34(30)37(28)41(5,6)29(2)22-24-33-17-12-16-32(39(33)42)18-13-27-40(3,4)38-35-20-11-9-15-31(35)25-26-36(38)43-7/h8-11,13-15,18-26,43H,12,16-17,27H2,1-7H3/b18-13+,29-22-,33-24+. The topological polar surface area (TPSA) is 12.0 Å². The average molecular weight is 588 g/mol. The molecule has 0 unspecified atom stereocenters. The second-order valence-electron chi connectivity index (χ2n) is 13.3. The van der Waals surface area contributed by atoms with Gasteiger partial charge in [-0.15, -0.1) is 0 Å². The summed E-state index contributed by atoms with van der Waals surface area (Å²) in [6.07, 6.45) is 13.3. The molecule has 1 aliphatic carbocycles. The van der Waals surface area contributed by atoms with Gasteiger partial charge in [-0.2, -0.15) is 0 Å². The maximum atomic E-state index is 7.08. The summed E-state index contributed by atoms with van der Waals surface area (Å²) >= 11 is 7.08. The normalized spacial score (nSPS) is 16.2. The Morgan fingerprint density at radius 3 is 2.14 bits per heavy atom. The van der Waals surface area contributed by atoms with Gasteiger partial charge < -0.3 is 5.32 Å². The zero-order valence-electron chi connectivity index (χ0n) is 26.9. The predicted molar refractivity (Wildman–Crippen MR) is 191 cm³/mol. The van der Waals surface area contributed by atoms with E-state index in [0.29, 0.717) is 0 Å². The third-order valence-corrected chi connectivity index (χ3v) is 10.0. The van der Waals surface area contributed by atoms with Crippen LogP contribution in [0.15, 0.2) is 119 Å². The van der Waals surface area contributed by atoms with Crippen molar-refractivity contribution in [1.29, 1.82) is 0 Å². The molecule has 0 aliphatic heterocycles. The summed E-state index contributed by atoms with van der Waals surface area (Å²) in [5.41, 5.74) is 8.98. The highest BCUT2D eigenvalue weighted by molar-refractivity contribution is 6.32. The number of rotatable bonds is 8. The molecule has 4 aromatic carbocycles. The van der Waals surface area contributed by atoms with Crippen LogP contribution in [0, 0.1) is 6.92 Å². The van der Waals surface area contributed by atoms with Gasteiger partial charge in [0.2, 0.25) is 0 Å². The van der Waals surface area contributed by atoms with E-state index in [2.05, 4.69) is 144 Å². The molecule has 0 amide bonds. The number of aryl methyl sites for hydroxylation is 1. The van der Waals surface area contributed by atoms with Crippen molar-refractivity contribution in [3.8, 4) is 0 Å². The maximum Gasteiger partial charge on any atom is 0.0469 e. The van der Waals surface area contributed by atoms with Crippen molar-refractivity contribution in [1.82, 2.24) is 0 Å². The van der Waals surface area contributed by atoms with E-state index in [0.717, 1.165) is 30.7 Å². The average Bonchev–Trinajstić information content (AvgIpc) is 3.00. The highest BCUT2D eigenvalue weighted by Crippen LogP contribution is 2.41. The van der Waals surface area contributed by atoms with Crippen molar-refractivity contribution >= 4 is 38.8 Å². The number of hydrogen-bond donors (Lipinski definition) is 1. The monoisotopic (exact) mass is 587 g/mol. The minimum absolute atomic E-state index is 0.0404. The molecular formula is C41H46ClN. The minimum atomic E-state index is -0.102. The zero-order chi connectivity index (χ0) is 30.8. The van der Waals surface area contributed by atoms with Crippen LogP contribution >= 0.6 is 11.6 Å². The lowest BCUT2D eigenvalue weighted by Gasteiger charge is -2.30. The molecular weight excluding hydrogens is 542 g/mol. The predicted octanol–water partition coefficient (Wildman–Crippen LogP) is 12.1. The van der Waals surface area contributed by atoms with Crippen molar-refractivity contribution in [2.45, 2.75) is 78.1 Å². The Labute approximate surface area is 264 Å². The first-order valence-corrected chi connectivity index (χ1v) is 16.0. The molecule has 1 N–H and O–H groups in total. The summed E-state index contributed by atoms with van der Waals surface area (Å²) in [5, 5.41) is 9.58. The first kappa shape index (κ1) is 30.9. The van der Waals surface area contributed by atoms with Crippen molar-refractivity contribution in [2.75, 3.05) is 12.4 Å². The first-order chi connectivity index (χ1) is 20.5. The first-order valence-electron chi connectivity index (χ1n) is 15.7. The van der Waals surface area contributed by atoms with Gasteiger partial charge in [-0.1, -0.05) is 136 Å². The van der Waals surface area contributed by atoms with Gasteiger partial charge in [0.25, 0.3) is 0 Å². The van der Waals surface area contributed by atoms with Crippen LogP contribution in [0.2, 0.25) is 0 Å². The molecule has 0 bridgehead atoms. The smallest absolute Gasteiger partial charge is 0.0469 e. The van der Waals surface area contributed by atoms with Crippen molar-refractivity contribution in [2.24, 2.45) is 0 Å². The van der Waals surface area contributed by atoms with Gasteiger partial charge in [0.1, 0.15) is 0 Å². The van der Waals surface area contributed by atoms with Crippen LogP contribution < -0.4 is 5.32 Å². The van der Waals surface area contributed by atoms with Crippen LogP contribution in [0.4, 0.5) is 5.69 Å². The molecule has 2 heteroatoms. The molecule has 222 valence electrons. The quantitative estimate of drug-likeness (QED) is 0.216. The van der Waals surface area contributed by atoms with E-state index >= 15 is 0 Å². The van der Waals surface area contributed by atoms with Gasteiger partial charge in [0, 0.05) is 23.2 Å². The van der Waals surface area contributed by atoms with Crippen LogP contribution in [0.1, 0.15) is 77.0 Å². The van der Waals surface area contributed by atoms with Crippen LogP contribution in [0.25, 0.3) is 21.5 Å². The van der Waals surface area contributed by atoms with E-state index in [1.807, 2.05) is 7.05 Å². The van der Waals surface area contributed by atoms with Crippen LogP contribution in [-0.4, -0.2) is 7.05 Å². The van der Waals surface area contributed by atoms with Gasteiger partial charge in [-0.25, -0.2) is 0 Å². The molecule has 4 aromatic rings. The summed E-state index contributed by atoms with van der Waals surface area (Å²) in [4.78, 5) is 0. The Hall–Kier alpha value is -3.55. The lowest BCUT2D eigenvalue weighted by Crippen LogP contribution is -2.20.